The SMILES string of the molecule is N#Cc1cccc(NC(=O)N2CC3CC(C2)c2c(-c4ccccc4)ccc(=O)n2C3)c1. The number of nitrogens with one attached hydrogen (secondary N) is 1. The summed E-state index contributed by atoms with van der Waals surface area (Å²) < 4.78 is 1.91. The molecule has 154 valence electrons. The van der Waals surface area contributed by atoms with E-state index in [1.807, 2.05) is 33.7 Å². The predicted molar refractivity (Wildman–Crippen MR) is 119 cm³/mol. The van der Waals surface area contributed by atoms with Crippen LogP contribution in [0.1, 0.15) is 23.6 Å². The van der Waals surface area contributed by atoms with Gasteiger partial charge in [0.25, 0.3) is 5.56 Å². The third-order valence-electron chi connectivity index (χ3n) is 6.20. The number of nitriles is 1. The maximum Gasteiger partial charge on any atom is 0.321 e. The first-order valence-corrected chi connectivity index (χ1v) is 10.5. The number of rotatable bonds is 2. The highest BCUT2D eigenvalue weighted by Gasteiger charge is 2.37. The molecule has 6 nitrogen and oxygen atoms in total. The highest BCUT2D eigenvalue weighted by molar-refractivity contribution is 5.89. The summed E-state index contributed by atoms with van der Waals surface area (Å²) in [7, 11) is 0. The zero-order valence-electron chi connectivity index (χ0n) is 17.0. The molecule has 2 bridgehead atoms. The number of carbonyl (C=O) groups is 1. The van der Waals surface area contributed by atoms with Crippen LogP contribution in [0.25, 0.3) is 11.1 Å². The molecule has 1 fully saturated rings. The minimum absolute atomic E-state index is 0.0237. The van der Waals surface area contributed by atoms with Crippen molar-refractivity contribution in [3.05, 3.63) is 88.3 Å². The molecule has 3 heterocycles. The van der Waals surface area contributed by atoms with Crippen LogP contribution < -0.4 is 10.9 Å². The number of fused-ring (bicyclic) bond motifs is 4. The van der Waals surface area contributed by atoms with Gasteiger partial charge in [0, 0.05) is 48.6 Å². The summed E-state index contributed by atoms with van der Waals surface area (Å²) in [4.78, 5) is 27.5. The molecule has 2 amide bonds. The molecule has 3 aromatic rings. The van der Waals surface area contributed by atoms with Crippen molar-refractivity contribution in [2.45, 2.75) is 18.9 Å². The van der Waals surface area contributed by atoms with Crippen molar-refractivity contribution < 1.29 is 4.79 Å². The monoisotopic (exact) mass is 410 g/mol. The number of urea groups is 1. The van der Waals surface area contributed by atoms with E-state index in [0.29, 0.717) is 30.9 Å². The van der Waals surface area contributed by atoms with Gasteiger partial charge in [-0.15, -0.1) is 0 Å². The second-order valence-corrected chi connectivity index (χ2v) is 8.27. The smallest absolute Gasteiger partial charge is 0.321 e. The molecule has 31 heavy (non-hydrogen) atoms. The summed E-state index contributed by atoms with van der Waals surface area (Å²) in [6.45, 7) is 1.80. The van der Waals surface area contributed by atoms with Crippen LogP contribution in [0.15, 0.2) is 71.5 Å². The van der Waals surface area contributed by atoms with Gasteiger partial charge in [-0.3, -0.25) is 4.79 Å². The van der Waals surface area contributed by atoms with Crippen molar-refractivity contribution in [3.8, 4) is 17.2 Å². The van der Waals surface area contributed by atoms with E-state index in [0.717, 1.165) is 23.2 Å². The lowest BCUT2D eigenvalue weighted by molar-refractivity contribution is 0.140. The van der Waals surface area contributed by atoms with Crippen molar-refractivity contribution in [3.63, 3.8) is 0 Å². The Hall–Kier alpha value is -3.85. The number of pyridine rings is 1. The van der Waals surface area contributed by atoms with Gasteiger partial charge in [-0.25, -0.2) is 4.79 Å². The van der Waals surface area contributed by atoms with E-state index in [-0.39, 0.29) is 23.4 Å². The van der Waals surface area contributed by atoms with Crippen LogP contribution in [0.4, 0.5) is 10.5 Å². The Kier molecular flexibility index (Phi) is 4.79. The highest BCUT2D eigenvalue weighted by atomic mass is 16.2. The average Bonchev–Trinajstić information content (AvgIpc) is 2.80. The van der Waals surface area contributed by atoms with Crippen LogP contribution in [-0.4, -0.2) is 28.6 Å². The molecule has 1 aromatic heterocycles. The summed E-state index contributed by atoms with van der Waals surface area (Å²) in [5.41, 5.74) is 4.32. The first-order chi connectivity index (χ1) is 15.1. The minimum atomic E-state index is -0.169. The molecule has 2 aromatic carbocycles. The van der Waals surface area contributed by atoms with E-state index < -0.39 is 0 Å². The average molecular weight is 410 g/mol. The first-order valence-electron chi connectivity index (χ1n) is 10.5. The Morgan fingerprint density at radius 1 is 1.00 bits per heavy atom. The Labute approximate surface area is 180 Å². The van der Waals surface area contributed by atoms with Crippen molar-refractivity contribution >= 4 is 11.7 Å². The second-order valence-electron chi connectivity index (χ2n) is 8.27. The molecule has 0 spiro atoms. The zero-order chi connectivity index (χ0) is 21.4. The molecule has 6 heteroatoms. The van der Waals surface area contributed by atoms with Crippen LogP contribution in [0.5, 0.6) is 0 Å². The third kappa shape index (κ3) is 3.59. The quantitative estimate of drug-likeness (QED) is 0.693. The summed E-state index contributed by atoms with van der Waals surface area (Å²) in [5.74, 6) is 0.346. The molecule has 0 radical (unpaired) electrons. The van der Waals surface area contributed by atoms with E-state index in [2.05, 4.69) is 23.5 Å². The van der Waals surface area contributed by atoms with Gasteiger partial charge in [0.1, 0.15) is 0 Å². The number of amides is 2. The Bertz CT molecular complexity index is 1240. The number of benzene rings is 2. The normalized spacial score (nSPS) is 19.3. The fourth-order valence-electron chi connectivity index (χ4n) is 4.91. The molecule has 2 aliphatic heterocycles. The number of piperidine rings is 1. The van der Waals surface area contributed by atoms with Gasteiger partial charge >= 0.3 is 6.03 Å². The van der Waals surface area contributed by atoms with Gasteiger partial charge in [0.2, 0.25) is 0 Å². The van der Waals surface area contributed by atoms with Crippen molar-refractivity contribution in [2.75, 3.05) is 18.4 Å². The van der Waals surface area contributed by atoms with Crippen LogP contribution >= 0.6 is 0 Å². The predicted octanol–water partition coefficient (Wildman–Crippen LogP) is 4.04. The van der Waals surface area contributed by atoms with Gasteiger partial charge in [0.05, 0.1) is 11.6 Å². The van der Waals surface area contributed by atoms with Gasteiger partial charge in [0.15, 0.2) is 0 Å². The number of aromatic nitrogens is 1. The summed E-state index contributed by atoms with van der Waals surface area (Å²) in [5, 5.41) is 12.0. The standard InChI is InChI=1S/C25H22N4O2/c26-13-17-5-4-8-21(12-17)27-25(31)28-14-18-11-20(16-28)24-22(19-6-2-1-3-7-19)9-10-23(30)29(24)15-18/h1-10,12,18,20H,11,14-16H2,(H,27,31). The highest BCUT2D eigenvalue weighted by Crippen LogP contribution is 2.39. The van der Waals surface area contributed by atoms with E-state index in [4.69, 9.17) is 5.26 Å². The molecule has 0 saturated carbocycles. The molecule has 2 aliphatic rings. The molecule has 2 unspecified atom stereocenters. The lowest BCUT2D eigenvalue weighted by atomic mass is 9.80. The molecular weight excluding hydrogens is 388 g/mol. The lowest BCUT2D eigenvalue weighted by Gasteiger charge is -2.43. The molecule has 5 rings (SSSR count). The summed E-state index contributed by atoms with van der Waals surface area (Å²) >= 11 is 0. The Morgan fingerprint density at radius 3 is 2.65 bits per heavy atom. The minimum Gasteiger partial charge on any atom is -0.324 e. The van der Waals surface area contributed by atoms with Crippen molar-refractivity contribution in [2.24, 2.45) is 5.92 Å². The van der Waals surface area contributed by atoms with Crippen molar-refractivity contribution in [1.29, 1.82) is 5.26 Å². The van der Waals surface area contributed by atoms with Gasteiger partial charge in [-0.1, -0.05) is 36.4 Å². The number of likely N-dealkylation sites (tertiary alicyclic amines) is 1. The molecule has 2 atom stereocenters. The number of anilines is 1. The zero-order valence-corrected chi connectivity index (χ0v) is 17.0. The lowest BCUT2D eigenvalue weighted by Crippen LogP contribution is -2.50. The van der Waals surface area contributed by atoms with Crippen LogP contribution in [-0.2, 0) is 6.54 Å². The maximum atomic E-state index is 13.0. The second kappa shape index (κ2) is 7.77. The third-order valence-corrected chi connectivity index (χ3v) is 6.20. The molecule has 1 saturated heterocycles. The number of nitrogens with zero attached hydrogens (tertiary/aromatic N) is 3. The van der Waals surface area contributed by atoms with Gasteiger partial charge in [-0.05, 0) is 42.2 Å². The first kappa shape index (κ1) is 19.1. The van der Waals surface area contributed by atoms with E-state index in [1.165, 1.54) is 0 Å². The van der Waals surface area contributed by atoms with Crippen LogP contribution in [0.2, 0.25) is 0 Å². The number of hydrogen-bond acceptors (Lipinski definition) is 3. The van der Waals surface area contributed by atoms with Crippen molar-refractivity contribution in [1.82, 2.24) is 9.47 Å². The van der Waals surface area contributed by atoms with E-state index in [1.54, 1.807) is 30.3 Å². The Balaban J connectivity index is 1.45. The van der Waals surface area contributed by atoms with Gasteiger partial charge in [-0.2, -0.15) is 5.26 Å². The maximum absolute atomic E-state index is 13.0. The molecule has 1 N–H and O–H groups in total. The fraction of sp³-hybridized carbons (Fsp3) is 0.240. The number of hydrogen-bond donors (Lipinski definition) is 1. The fourth-order valence-corrected chi connectivity index (χ4v) is 4.91. The topological polar surface area (TPSA) is 78.1 Å². The van der Waals surface area contributed by atoms with Crippen LogP contribution in [0.3, 0.4) is 0 Å². The largest absolute Gasteiger partial charge is 0.324 e. The Morgan fingerprint density at radius 2 is 1.84 bits per heavy atom. The summed E-state index contributed by atoms with van der Waals surface area (Å²) in [6.07, 6.45) is 0.969. The molecule has 0 aliphatic carbocycles. The number of carbonyl (C=O) groups excluding carboxylic acids is 1. The van der Waals surface area contributed by atoms with E-state index in [9.17, 15) is 9.59 Å². The van der Waals surface area contributed by atoms with E-state index >= 15 is 0 Å². The van der Waals surface area contributed by atoms with Crippen LogP contribution in [0, 0.1) is 17.2 Å². The molecular formula is C25H22N4O2. The van der Waals surface area contributed by atoms with Gasteiger partial charge < -0.3 is 14.8 Å². The summed E-state index contributed by atoms with van der Waals surface area (Å²) in [6, 6.07) is 22.5.